The fourth-order valence-electron chi connectivity index (χ4n) is 7.60. The number of hydrogen-bond donors (Lipinski definition) is 3. The number of amides is 1. The van der Waals surface area contributed by atoms with Gasteiger partial charge in [-0.2, -0.15) is 0 Å². The summed E-state index contributed by atoms with van der Waals surface area (Å²) < 4.78 is 0. The van der Waals surface area contributed by atoms with Gasteiger partial charge in [-0.3, -0.25) is 4.79 Å². The SMILES string of the molecule is Cc1ccc(CCC23CC4CC(CC(C4)C2)C3)cc1-c1ncc(NC(=O)c2cccc(C(=O)O)c2)[nH]1. The summed E-state index contributed by atoms with van der Waals surface area (Å²) in [5.74, 6) is 2.70. The molecule has 6 heteroatoms. The van der Waals surface area contributed by atoms with Crippen LogP contribution >= 0.6 is 0 Å². The molecule has 3 N–H and O–H groups in total. The van der Waals surface area contributed by atoms with Crippen molar-refractivity contribution in [3.05, 3.63) is 70.9 Å². The zero-order chi connectivity index (χ0) is 24.9. The summed E-state index contributed by atoms with van der Waals surface area (Å²) in [6.07, 6.45) is 12.8. The van der Waals surface area contributed by atoms with Crippen molar-refractivity contribution in [1.82, 2.24) is 9.97 Å². The third-order valence-electron chi connectivity index (χ3n) is 8.86. The van der Waals surface area contributed by atoms with Crippen LogP contribution in [0.1, 0.15) is 76.8 Å². The molecule has 1 heterocycles. The molecule has 2 aromatic carbocycles. The first-order valence-corrected chi connectivity index (χ1v) is 13.2. The fraction of sp³-hybridized carbons (Fsp3) is 0.433. The van der Waals surface area contributed by atoms with E-state index >= 15 is 0 Å². The number of rotatable bonds is 7. The number of benzene rings is 2. The van der Waals surface area contributed by atoms with Crippen LogP contribution in [0.2, 0.25) is 0 Å². The van der Waals surface area contributed by atoms with Crippen molar-refractivity contribution in [2.75, 3.05) is 5.32 Å². The minimum absolute atomic E-state index is 0.0777. The average molecular weight is 484 g/mol. The molecule has 4 aliphatic rings. The van der Waals surface area contributed by atoms with Crippen molar-refractivity contribution in [2.24, 2.45) is 23.2 Å². The number of carboxylic acids is 1. The Morgan fingerprint density at radius 1 is 1.03 bits per heavy atom. The zero-order valence-electron chi connectivity index (χ0n) is 20.7. The summed E-state index contributed by atoms with van der Waals surface area (Å²) in [6, 6.07) is 12.7. The maximum absolute atomic E-state index is 12.7. The number of imidazole rings is 1. The fourth-order valence-corrected chi connectivity index (χ4v) is 7.60. The predicted molar refractivity (Wildman–Crippen MR) is 139 cm³/mol. The molecule has 1 amide bonds. The zero-order valence-corrected chi connectivity index (χ0v) is 20.7. The van der Waals surface area contributed by atoms with Crippen LogP contribution in [-0.2, 0) is 6.42 Å². The third kappa shape index (κ3) is 4.45. The number of nitrogens with one attached hydrogen (secondary N) is 2. The van der Waals surface area contributed by atoms with Crippen LogP contribution in [0.5, 0.6) is 0 Å². The van der Waals surface area contributed by atoms with Gasteiger partial charge in [-0.1, -0.05) is 18.2 Å². The van der Waals surface area contributed by atoms with Crippen LogP contribution in [0.4, 0.5) is 5.82 Å². The van der Waals surface area contributed by atoms with Gasteiger partial charge in [-0.15, -0.1) is 0 Å². The molecule has 4 fully saturated rings. The number of anilines is 1. The number of aromatic nitrogens is 2. The second-order valence-electron chi connectivity index (χ2n) is 11.6. The van der Waals surface area contributed by atoms with Crippen molar-refractivity contribution in [3.63, 3.8) is 0 Å². The Balaban J connectivity index is 1.15. The second-order valence-corrected chi connectivity index (χ2v) is 11.6. The summed E-state index contributed by atoms with van der Waals surface area (Å²) in [4.78, 5) is 31.6. The number of H-pyrrole nitrogens is 1. The van der Waals surface area contributed by atoms with Gasteiger partial charge in [0, 0.05) is 11.1 Å². The van der Waals surface area contributed by atoms with Gasteiger partial charge in [-0.05, 0) is 117 Å². The number of carbonyl (C=O) groups excluding carboxylic acids is 1. The van der Waals surface area contributed by atoms with Gasteiger partial charge in [0.1, 0.15) is 11.6 Å². The van der Waals surface area contributed by atoms with Crippen molar-refractivity contribution >= 4 is 17.7 Å². The Labute approximate surface area is 211 Å². The molecule has 4 aliphatic carbocycles. The van der Waals surface area contributed by atoms with Gasteiger partial charge in [0.05, 0.1) is 11.8 Å². The van der Waals surface area contributed by atoms with Crippen LogP contribution in [-0.4, -0.2) is 27.0 Å². The molecule has 0 aliphatic heterocycles. The highest BCUT2D eigenvalue weighted by molar-refractivity contribution is 6.05. The van der Waals surface area contributed by atoms with Gasteiger partial charge in [0.2, 0.25) is 0 Å². The number of aryl methyl sites for hydroxylation is 2. The molecular formula is C30H33N3O3. The van der Waals surface area contributed by atoms with E-state index in [-0.39, 0.29) is 17.0 Å². The minimum atomic E-state index is -1.06. The van der Waals surface area contributed by atoms with Gasteiger partial charge < -0.3 is 15.4 Å². The van der Waals surface area contributed by atoms with Crippen molar-refractivity contribution in [3.8, 4) is 11.4 Å². The van der Waals surface area contributed by atoms with Crippen LogP contribution < -0.4 is 5.32 Å². The summed E-state index contributed by atoms with van der Waals surface area (Å²) in [5, 5.41) is 12.0. The molecule has 6 nitrogen and oxygen atoms in total. The van der Waals surface area contributed by atoms with E-state index in [0.29, 0.717) is 11.2 Å². The van der Waals surface area contributed by atoms with Crippen molar-refractivity contribution in [2.45, 2.75) is 58.3 Å². The Bertz CT molecular complexity index is 1290. The average Bonchev–Trinajstić information content (AvgIpc) is 3.31. The maximum Gasteiger partial charge on any atom is 0.335 e. The van der Waals surface area contributed by atoms with Crippen LogP contribution in [0.25, 0.3) is 11.4 Å². The van der Waals surface area contributed by atoms with Crippen LogP contribution in [0, 0.1) is 30.1 Å². The predicted octanol–water partition coefficient (Wildman–Crippen LogP) is 6.48. The highest BCUT2D eigenvalue weighted by atomic mass is 16.4. The lowest BCUT2D eigenvalue weighted by molar-refractivity contribution is -0.0569. The van der Waals surface area contributed by atoms with Crippen LogP contribution in [0.3, 0.4) is 0 Å². The second kappa shape index (κ2) is 8.91. The normalized spacial score (nSPS) is 26.2. The molecule has 0 spiro atoms. The van der Waals surface area contributed by atoms with E-state index in [1.807, 2.05) is 0 Å². The number of hydrogen-bond acceptors (Lipinski definition) is 3. The standard InChI is InChI=1S/C30H33N3O3/c1-18-5-6-19(7-8-30-14-20-9-21(15-30)11-22(10-20)16-30)12-25(18)27-31-17-26(32-27)33-28(34)23-3-2-4-24(13-23)29(35)36/h2-6,12-13,17,20-22H,7-11,14-16H2,1H3,(H,31,32)(H,33,34)(H,35,36). The maximum atomic E-state index is 12.7. The first-order chi connectivity index (χ1) is 17.4. The van der Waals surface area contributed by atoms with E-state index in [4.69, 9.17) is 0 Å². The molecule has 36 heavy (non-hydrogen) atoms. The number of carboxylic acid groups (broad SMARTS) is 1. The summed E-state index contributed by atoms with van der Waals surface area (Å²) >= 11 is 0. The Morgan fingerprint density at radius 2 is 1.72 bits per heavy atom. The minimum Gasteiger partial charge on any atom is -0.478 e. The molecule has 1 aromatic heterocycles. The Kier molecular flexibility index (Phi) is 5.70. The van der Waals surface area contributed by atoms with Crippen molar-refractivity contribution in [1.29, 1.82) is 0 Å². The molecule has 0 unspecified atom stereocenters. The van der Waals surface area contributed by atoms with E-state index in [1.165, 1.54) is 62.6 Å². The first kappa shape index (κ1) is 23.0. The number of aromatic amines is 1. The molecule has 186 valence electrons. The summed E-state index contributed by atoms with van der Waals surface area (Å²) in [5.41, 5.74) is 4.46. The van der Waals surface area contributed by atoms with Gasteiger partial charge in [-0.25, -0.2) is 9.78 Å². The van der Waals surface area contributed by atoms with Gasteiger partial charge in [0.15, 0.2) is 0 Å². The van der Waals surface area contributed by atoms with E-state index in [2.05, 4.69) is 40.4 Å². The Hall–Kier alpha value is -3.41. The topological polar surface area (TPSA) is 95.1 Å². The molecule has 3 aromatic rings. The largest absolute Gasteiger partial charge is 0.478 e. The molecule has 0 saturated heterocycles. The van der Waals surface area contributed by atoms with E-state index in [9.17, 15) is 14.7 Å². The molecule has 4 bridgehead atoms. The first-order valence-electron chi connectivity index (χ1n) is 13.2. The van der Waals surface area contributed by atoms with Crippen LogP contribution in [0.15, 0.2) is 48.7 Å². The quantitative estimate of drug-likeness (QED) is 0.358. The monoisotopic (exact) mass is 483 g/mol. The van der Waals surface area contributed by atoms with Gasteiger partial charge >= 0.3 is 5.97 Å². The lowest BCUT2D eigenvalue weighted by Gasteiger charge is -2.57. The summed E-state index contributed by atoms with van der Waals surface area (Å²) in [6.45, 7) is 2.08. The van der Waals surface area contributed by atoms with E-state index in [1.54, 1.807) is 18.3 Å². The van der Waals surface area contributed by atoms with Gasteiger partial charge in [0.25, 0.3) is 5.91 Å². The number of carbonyl (C=O) groups is 2. The van der Waals surface area contributed by atoms with E-state index in [0.717, 1.165) is 41.1 Å². The molecule has 4 saturated carbocycles. The molecule has 0 radical (unpaired) electrons. The molecular weight excluding hydrogens is 450 g/mol. The lowest BCUT2D eigenvalue weighted by Crippen LogP contribution is -2.46. The summed E-state index contributed by atoms with van der Waals surface area (Å²) in [7, 11) is 0. The molecule has 7 rings (SSSR count). The highest BCUT2D eigenvalue weighted by Crippen LogP contribution is 2.61. The lowest BCUT2D eigenvalue weighted by atomic mass is 9.48. The smallest absolute Gasteiger partial charge is 0.335 e. The highest BCUT2D eigenvalue weighted by Gasteiger charge is 2.50. The molecule has 0 atom stereocenters. The number of aromatic carboxylic acids is 1. The number of nitrogens with zero attached hydrogens (tertiary/aromatic N) is 1. The van der Waals surface area contributed by atoms with E-state index < -0.39 is 5.97 Å². The Morgan fingerprint density at radius 3 is 2.42 bits per heavy atom. The third-order valence-corrected chi connectivity index (χ3v) is 8.86. The van der Waals surface area contributed by atoms with Crippen molar-refractivity contribution < 1.29 is 14.7 Å².